The predicted molar refractivity (Wildman–Crippen MR) is 112 cm³/mol. The summed E-state index contributed by atoms with van der Waals surface area (Å²) in [4.78, 5) is 28.6. The molecular weight excluding hydrogens is 438 g/mol. The molecule has 2 aromatic carbocycles. The highest BCUT2D eigenvalue weighted by Crippen LogP contribution is 2.20. The number of furan rings is 1. The monoisotopic (exact) mass is 453 g/mol. The Bertz CT molecular complexity index is 1190. The molecule has 2 aromatic heterocycles. The van der Waals surface area contributed by atoms with Crippen LogP contribution in [0.5, 0.6) is 0 Å². The van der Waals surface area contributed by atoms with Gasteiger partial charge in [-0.2, -0.15) is 0 Å². The van der Waals surface area contributed by atoms with Gasteiger partial charge in [0.15, 0.2) is 21.9 Å². The Morgan fingerprint density at radius 2 is 1.72 bits per heavy atom. The number of aryl methyl sites for hydroxylation is 1. The second-order valence-electron chi connectivity index (χ2n) is 6.40. The molecule has 0 aliphatic heterocycles. The summed E-state index contributed by atoms with van der Waals surface area (Å²) in [6.45, 7) is 1.78. The lowest BCUT2D eigenvalue weighted by Gasteiger charge is -2.07. The molecule has 4 rings (SSSR count). The van der Waals surface area contributed by atoms with Gasteiger partial charge in [0, 0.05) is 24.4 Å². The molecule has 8 heteroatoms. The maximum Gasteiger partial charge on any atom is 0.291 e. The number of nitrogens with zero attached hydrogens (tertiary/aromatic N) is 1. The van der Waals surface area contributed by atoms with Gasteiger partial charge in [0.2, 0.25) is 5.91 Å². The summed E-state index contributed by atoms with van der Waals surface area (Å²) >= 11 is 3.16. The van der Waals surface area contributed by atoms with Gasteiger partial charge in [0.05, 0.1) is 6.42 Å². The Balaban J connectivity index is 1.36. The Hall–Kier alpha value is -3.39. The van der Waals surface area contributed by atoms with E-state index in [2.05, 4.69) is 31.5 Å². The second kappa shape index (κ2) is 7.92. The molecule has 2 N–H and O–H groups in total. The van der Waals surface area contributed by atoms with Crippen LogP contribution in [0.15, 0.2) is 68.1 Å². The molecule has 0 aliphatic rings. The van der Waals surface area contributed by atoms with Gasteiger partial charge in [-0.1, -0.05) is 12.1 Å². The minimum absolute atomic E-state index is 0.155. The Morgan fingerprint density at radius 1 is 0.966 bits per heavy atom. The van der Waals surface area contributed by atoms with Gasteiger partial charge in [0.25, 0.3) is 5.91 Å². The summed E-state index contributed by atoms with van der Waals surface area (Å²) in [5.74, 6) is 0.284. The zero-order chi connectivity index (χ0) is 20.4. The van der Waals surface area contributed by atoms with Crippen molar-refractivity contribution in [2.24, 2.45) is 0 Å². The first kappa shape index (κ1) is 18.9. The van der Waals surface area contributed by atoms with Crippen molar-refractivity contribution < 1.29 is 18.4 Å². The summed E-state index contributed by atoms with van der Waals surface area (Å²) < 4.78 is 11.2. The molecular formula is C21H16BrN3O4. The van der Waals surface area contributed by atoms with E-state index in [1.165, 1.54) is 0 Å². The van der Waals surface area contributed by atoms with Crippen LogP contribution in [0.1, 0.15) is 22.0 Å². The minimum Gasteiger partial charge on any atom is -0.444 e. The molecule has 29 heavy (non-hydrogen) atoms. The summed E-state index contributed by atoms with van der Waals surface area (Å²) in [5.41, 5.74) is 3.45. The van der Waals surface area contributed by atoms with Crippen molar-refractivity contribution in [2.45, 2.75) is 13.3 Å². The van der Waals surface area contributed by atoms with Crippen LogP contribution in [-0.2, 0) is 11.2 Å². The number of halogens is 1. The highest BCUT2D eigenvalue weighted by atomic mass is 79.9. The molecule has 0 atom stereocenters. The van der Waals surface area contributed by atoms with E-state index in [1.54, 1.807) is 61.5 Å². The molecule has 0 spiro atoms. The fourth-order valence-corrected chi connectivity index (χ4v) is 3.15. The van der Waals surface area contributed by atoms with Crippen LogP contribution in [0.4, 0.5) is 11.4 Å². The third-order valence-corrected chi connectivity index (χ3v) is 4.58. The molecule has 0 radical (unpaired) electrons. The molecule has 0 saturated heterocycles. The summed E-state index contributed by atoms with van der Waals surface area (Å²) in [6.07, 6.45) is 0.201. The van der Waals surface area contributed by atoms with Gasteiger partial charge in [-0.25, -0.2) is 4.98 Å². The highest BCUT2D eigenvalue weighted by molar-refractivity contribution is 9.10. The van der Waals surface area contributed by atoms with Crippen molar-refractivity contribution in [1.29, 1.82) is 0 Å². The summed E-state index contributed by atoms with van der Waals surface area (Å²) in [5, 5.41) is 5.59. The van der Waals surface area contributed by atoms with Gasteiger partial charge >= 0.3 is 0 Å². The van der Waals surface area contributed by atoms with E-state index >= 15 is 0 Å². The first-order valence-electron chi connectivity index (χ1n) is 8.79. The maximum absolute atomic E-state index is 12.3. The Kier molecular flexibility index (Phi) is 5.18. The van der Waals surface area contributed by atoms with Gasteiger partial charge in [-0.3, -0.25) is 9.59 Å². The van der Waals surface area contributed by atoms with Crippen molar-refractivity contribution in [3.05, 3.63) is 76.5 Å². The van der Waals surface area contributed by atoms with E-state index in [4.69, 9.17) is 8.83 Å². The van der Waals surface area contributed by atoms with Crippen LogP contribution in [0.25, 0.3) is 11.1 Å². The number of hydrogen-bond acceptors (Lipinski definition) is 5. The second-order valence-corrected chi connectivity index (χ2v) is 7.18. The van der Waals surface area contributed by atoms with Crippen molar-refractivity contribution >= 4 is 50.2 Å². The Morgan fingerprint density at radius 3 is 2.45 bits per heavy atom. The summed E-state index contributed by atoms with van der Waals surface area (Å²) in [6, 6.07) is 15.6. The van der Waals surface area contributed by atoms with E-state index in [0.29, 0.717) is 27.5 Å². The number of oxazole rings is 1. The predicted octanol–water partition coefficient (Wildman–Crippen LogP) is 4.93. The van der Waals surface area contributed by atoms with Crippen molar-refractivity contribution in [3.63, 3.8) is 0 Å². The lowest BCUT2D eigenvalue weighted by molar-refractivity contribution is -0.115. The van der Waals surface area contributed by atoms with Gasteiger partial charge in [0.1, 0.15) is 5.52 Å². The molecule has 146 valence electrons. The summed E-state index contributed by atoms with van der Waals surface area (Å²) in [7, 11) is 0. The van der Waals surface area contributed by atoms with Gasteiger partial charge in [-0.05, 0) is 57.9 Å². The van der Waals surface area contributed by atoms with E-state index in [-0.39, 0.29) is 24.0 Å². The number of anilines is 2. The number of nitrogens with one attached hydrogen (secondary N) is 2. The van der Waals surface area contributed by atoms with E-state index in [0.717, 1.165) is 11.1 Å². The Labute approximate surface area is 174 Å². The first-order valence-corrected chi connectivity index (χ1v) is 9.58. The molecule has 0 fully saturated rings. The lowest BCUT2D eigenvalue weighted by Crippen LogP contribution is -2.14. The highest BCUT2D eigenvalue weighted by Gasteiger charge is 2.11. The fraction of sp³-hybridized carbons (Fsp3) is 0.0952. The van der Waals surface area contributed by atoms with Crippen LogP contribution < -0.4 is 10.6 Å². The quantitative estimate of drug-likeness (QED) is 0.446. The number of hydrogen-bond donors (Lipinski definition) is 2. The van der Waals surface area contributed by atoms with Crippen molar-refractivity contribution in [1.82, 2.24) is 4.98 Å². The number of aromatic nitrogens is 1. The third kappa shape index (κ3) is 4.55. The van der Waals surface area contributed by atoms with Crippen LogP contribution >= 0.6 is 15.9 Å². The molecule has 0 unspecified atom stereocenters. The first-order chi connectivity index (χ1) is 14.0. The fourth-order valence-electron chi connectivity index (χ4n) is 2.84. The average molecular weight is 454 g/mol. The number of carbonyl (C=O) groups excluding carboxylic acids is 2. The van der Waals surface area contributed by atoms with Crippen LogP contribution in [0.3, 0.4) is 0 Å². The van der Waals surface area contributed by atoms with E-state index in [9.17, 15) is 9.59 Å². The number of carbonyl (C=O) groups is 2. The maximum atomic E-state index is 12.3. The number of amides is 2. The van der Waals surface area contributed by atoms with Crippen molar-refractivity contribution in [3.8, 4) is 0 Å². The van der Waals surface area contributed by atoms with E-state index < -0.39 is 0 Å². The molecule has 2 heterocycles. The normalized spacial score (nSPS) is 10.8. The van der Waals surface area contributed by atoms with Gasteiger partial charge in [-0.15, -0.1) is 0 Å². The zero-order valence-corrected chi connectivity index (χ0v) is 16.9. The minimum atomic E-state index is -0.348. The SMILES string of the molecule is Cc1nc2ccc(NC(=O)Cc3ccc(NC(=O)c4ccc(Br)o4)cc3)cc2o1. The number of fused-ring (bicyclic) bond motifs is 1. The largest absolute Gasteiger partial charge is 0.444 e. The van der Waals surface area contributed by atoms with E-state index in [1.807, 2.05) is 0 Å². The van der Waals surface area contributed by atoms with Crippen LogP contribution in [0, 0.1) is 6.92 Å². The molecule has 0 saturated carbocycles. The molecule has 4 aromatic rings. The van der Waals surface area contributed by atoms with Crippen LogP contribution in [0.2, 0.25) is 0 Å². The molecule has 2 amide bonds. The number of rotatable bonds is 5. The number of benzene rings is 2. The average Bonchev–Trinajstić information content (AvgIpc) is 3.27. The van der Waals surface area contributed by atoms with Crippen molar-refractivity contribution in [2.75, 3.05) is 10.6 Å². The standard InChI is InChI=1S/C21H16BrN3O4/c1-12-23-16-7-6-15(11-18(16)28-12)24-20(26)10-13-2-4-14(5-3-13)25-21(27)17-8-9-19(22)29-17/h2-9,11H,10H2,1H3,(H,24,26)(H,25,27). The lowest BCUT2D eigenvalue weighted by atomic mass is 10.1. The molecule has 0 bridgehead atoms. The van der Waals surface area contributed by atoms with Crippen LogP contribution in [-0.4, -0.2) is 16.8 Å². The zero-order valence-electron chi connectivity index (χ0n) is 15.4. The molecule has 7 nitrogen and oxygen atoms in total. The third-order valence-electron chi connectivity index (χ3n) is 4.15. The topological polar surface area (TPSA) is 97.4 Å². The van der Waals surface area contributed by atoms with Gasteiger partial charge < -0.3 is 19.5 Å². The smallest absolute Gasteiger partial charge is 0.291 e. The molecule has 0 aliphatic carbocycles.